The Morgan fingerprint density at radius 2 is 1.71 bits per heavy atom. The first-order valence-electron chi connectivity index (χ1n) is 8.72. The normalized spacial score (nSPS) is 19.2. The summed E-state index contributed by atoms with van der Waals surface area (Å²) in [4.78, 5) is 3.90. The van der Waals surface area contributed by atoms with Crippen molar-refractivity contribution in [3.63, 3.8) is 0 Å². The number of benzene rings is 2. The molecule has 0 N–H and O–H groups in total. The third-order valence-corrected chi connectivity index (χ3v) is 5.49. The SMILES string of the molecule is C=C1S/C(=C\c2ccccc2)C(Cc2ccccc2)N1CCCC. The van der Waals surface area contributed by atoms with Crippen molar-refractivity contribution in [1.29, 1.82) is 0 Å². The van der Waals surface area contributed by atoms with Crippen molar-refractivity contribution < 1.29 is 0 Å². The number of rotatable bonds is 6. The van der Waals surface area contributed by atoms with Crippen LogP contribution in [0.3, 0.4) is 0 Å². The van der Waals surface area contributed by atoms with Crippen molar-refractivity contribution in [3.8, 4) is 0 Å². The smallest absolute Gasteiger partial charge is 0.0685 e. The number of nitrogens with zero attached hydrogens (tertiary/aromatic N) is 1. The third-order valence-electron chi connectivity index (χ3n) is 4.39. The summed E-state index contributed by atoms with van der Waals surface area (Å²) in [6, 6.07) is 21.8. The second-order valence-electron chi connectivity index (χ2n) is 6.21. The van der Waals surface area contributed by atoms with Crippen LogP contribution in [0.15, 0.2) is 77.2 Å². The van der Waals surface area contributed by atoms with E-state index in [2.05, 4.69) is 85.1 Å². The van der Waals surface area contributed by atoms with Crippen molar-refractivity contribution in [2.45, 2.75) is 32.2 Å². The molecule has 24 heavy (non-hydrogen) atoms. The molecule has 1 nitrogen and oxygen atoms in total. The molecule has 0 spiro atoms. The molecule has 2 aromatic carbocycles. The largest absolute Gasteiger partial charge is 0.359 e. The zero-order chi connectivity index (χ0) is 16.8. The highest BCUT2D eigenvalue weighted by molar-refractivity contribution is 8.07. The first-order chi connectivity index (χ1) is 11.8. The minimum Gasteiger partial charge on any atom is -0.359 e. The molecule has 124 valence electrons. The minimum absolute atomic E-state index is 0.400. The van der Waals surface area contributed by atoms with E-state index in [0.717, 1.165) is 13.0 Å². The van der Waals surface area contributed by atoms with Gasteiger partial charge in [-0.25, -0.2) is 0 Å². The van der Waals surface area contributed by atoms with Gasteiger partial charge in [0.2, 0.25) is 0 Å². The van der Waals surface area contributed by atoms with Crippen molar-refractivity contribution in [1.82, 2.24) is 4.90 Å². The van der Waals surface area contributed by atoms with Crippen LogP contribution in [0, 0.1) is 0 Å². The zero-order valence-electron chi connectivity index (χ0n) is 14.3. The highest BCUT2D eigenvalue weighted by Crippen LogP contribution is 2.43. The van der Waals surface area contributed by atoms with Crippen LogP contribution in [0.25, 0.3) is 6.08 Å². The molecule has 1 atom stereocenters. The molecule has 3 rings (SSSR count). The van der Waals surface area contributed by atoms with E-state index in [1.807, 2.05) is 11.8 Å². The third kappa shape index (κ3) is 4.12. The minimum atomic E-state index is 0.400. The van der Waals surface area contributed by atoms with Crippen LogP contribution >= 0.6 is 11.8 Å². The molecule has 1 fully saturated rings. The molecule has 0 saturated carbocycles. The maximum absolute atomic E-state index is 4.32. The summed E-state index contributed by atoms with van der Waals surface area (Å²) >= 11 is 1.84. The van der Waals surface area contributed by atoms with E-state index in [4.69, 9.17) is 0 Å². The van der Waals surface area contributed by atoms with Gasteiger partial charge in [0.05, 0.1) is 11.1 Å². The summed E-state index contributed by atoms with van der Waals surface area (Å²) in [5.41, 5.74) is 2.65. The monoisotopic (exact) mass is 335 g/mol. The molecule has 0 amide bonds. The lowest BCUT2D eigenvalue weighted by Gasteiger charge is -2.27. The molecule has 1 saturated heterocycles. The van der Waals surface area contributed by atoms with Gasteiger partial charge in [0.15, 0.2) is 0 Å². The van der Waals surface area contributed by atoms with Gasteiger partial charge in [-0.05, 0) is 30.0 Å². The lowest BCUT2D eigenvalue weighted by atomic mass is 10.0. The average Bonchev–Trinajstić information content (AvgIpc) is 2.89. The molecular weight excluding hydrogens is 310 g/mol. The van der Waals surface area contributed by atoms with Crippen LogP contribution in [0.2, 0.25) is 0 Å². The van der Waals surface area contributed by atoms with E-state index in [-0.39, 0.29) is 0 Å². The number of hydrogen-bond acceptors (Lipinski definition) is 2. The van der Waals surface area contributed by atoms with Crippen molar-refractivity contribution in [3.05, 3.63) is 88.3 Å². The highest BCUT2D eigenvalue weighted by atomic mass is 32.2. The Morgan fingerprint density at radius 1 is 1.04 bits per heavy atom. The Morgan fingerprint density at radius 3 is 2.38 bits per heavy atom. The molecule has 0 radical (unpaired) electrons. The van der Waals surface area contributed by atoms with Crippen LogP contribution < -0.4 is 0 Å². The van der Waals surface area contributed by atoms with Gasteiger partial charge in [-0.2, -0.15) is 0 Å². The summed E-state index contributed by atoms with van der Waals surface area (Å²) in [6.07, 6.45) is 5.79. The maximum Gasteiger partial charge on any atom is 0.0685 e. The fraction of sp³-hybridized carbons (Fsp3) is 0.273. The number of thioether (sulfide) groups is 1. The van der Waals surface area contributed by atoms with Crippen molar-refractivity contribution in [2.75, 3.05) is 6.54 Å². The van der Waals surface area contributed by atoms with Crippen LogP contribution in [-0.4, -0.2) is 17.5 Å². The molecule has 1 aliphatic rings. The van der Waals surface area contributed by atoms with E-state index < -0.39 is 0 Å². The molecule has 1 aliphatic heterocycles. The van der Waals surface area contributed by atoms with Gasteiger partial charge in [0, 0.05) is 11.4 Å². The highest BCUT2D eigenvalue weighted by Gasteiger charge is 2.31. The van der Waals surface area contributed by atoms with E-state index in [0.29, 0.717) is 6.04 Å². The summed E-state index contributed by atoms with van der Waals surface area (Å²) < 4.78 is 0. The zero-order valence-corrected chi connectivity index (χ0v) is 15.1. The van der Waals surface area contributed by atoms with Gasteiger partial charge in [-0.3, -0.25) is 0 Å². The fourth-order valence-electron chi connectivity index (χ4n) is 3.09. The van der Waals surface area contributed by atoms with E-state index in [1.165, 1.54) is 33.9 Å². The van der Waals surface area contributed by atoms with Gasteiger partial charge >= 0.3 is 0 Å². The Labute approximate surface area is 150 Å². The predicted octanol–water partition coefficient (Wildman–Crippen LogP) is 5.96. The Balaban J connectivity index is 1.88. The first-order valence-corrected chi connectivity index (χ1v) is 9.53. The van der Waals surface area contributed by atoms with Crippen LogP contribution in [-0.2, 0) is 6.42 Å². The van der Waals surface area contributed by atoms with Crippen molar-refractivity contribution >= 4 is 17.8 Å². The topological polar surface area (TPSA) is 3.24 Å². The second kappa shape index (κ2) is 8.25. The second-order valence-corrected chi connectivity index (χ2v) is 7.35. The van der Waals surface area contributed by atoms with E-state index in [9.17, 15) is 0 Å². The molecule has 1 unspecified atom stereocenters. The summed E-state index contributed by atoms with van der Waals surface area (Å²) in [5, 5.41) is 1.19. The summed E-state index contributed by atoms with van der Waals surface area (Å²) in [7, 11) is 0. The van der Waals surface area contributed by atoms with Crippen LogP contribution in [0.1, 0.15) is 30.9 Å². The average molecular weight is 336 g/mol. The Hall–Kier alpha value is -1.93. The van der Waals surface area contributed by atoms with Crippen LogP contribution in [0.4, 0.5) is 0 Å². The summed E-state index contributed by atoms with van der Waals surface area (Å²) in [5.74, 6) is 0. The molecule has 0 bridgehead atoms. The maximum atomic E-state index is 4.32. The Kier molecular flexibility index (Phi) is 5.81. The number of hydrogen-bond donors (Lipinski definition) is 0. The molecular formula is C22H25NS. The van der Waals surface area contributed by atoms with Gasteiger partial charge < -0.3 is 4.90 Å². The Bertz CT molecular complexity index is 690. The lowest BCUT2D eigenvalue weighted by molar-refractivity contribution is 0.312. The molecule has 1 heterocycles. The fourth-order valence-corrected chi connectivity index (χ4v) is 4.24. The predicted molar refractivity (Wildman–Crippen MR) is 107 cm³/mol. The van der Waals surface area contributed by atoms with E-state index >= 15 is 0 Å². The summed E-state index contributed by atoms with van der Waals surface area (Å²) in [6.45, 7) is 7.66. The van der Waals surface area contributed by atoms with Gasteiger partial charge in [0.25, 0.3) is 0 Å². The van der Waals surface area contributed by atoms with Gasteiger partial charge in [-0.15, -0.1) is 0 Å². The quantitative estimate of drug-likeness (QED) is 0.641. The molecule has 0 aliphatic carbocycles. The molecule has 0 aromatic heterocycles. The van der Waals surface area contributed by atoms with Crippen LogP contribution in [0.5, 0.6) is 0 Å². The number of unbranched alkanes of at least 4 members (excludes halogenated alkanes) is 1. The van der Waals surface area contributed by atoms with Crippen molar-refractivity contribution in [2.24, 2.45) is 0 Å². The standard InChI is InChI=1S/C22H25NS/c1-3-4-15-23-18(2)24-22(17-20-13-9-6-10-14-20)21(23)16-19-11-7-5-8-12-19/h5-14,17,21H,2-4,15-16H2,1H3/b22-17-. The lowest BCUT2D eigenvalue weighted by Crippen LogP contribution is -2.31. The molecule has 2 aromatic rings. The molecule has 2 heteroatoms. The first kappa shape index (κ1) is 16.9. The van der Waals surface area contributed by atoms with Gasteiger partial charge in [0.1, 0.15) is 0 Å². The van der Waals surface area contributed by atoms with E-state index in [1.54, 1.807) is 0 Å². The van der Waals surface area contributed by atoms with Gasteiger partial charge in [-0.1, -0.05) is 92.3 Å².